The molecular formula is C27H51N5O3S. The molecule has 0 radical (unpaired) electrons. The Kier molecular flexibility index (Phi) is 16.9. The average molecular weight is 526 g/mol. The van der Waals surface area contributed by atoms with E-state index in [1.807, 2.05) is 11.8 Å². The van der Waals surface area contributed by atoms with Crippen LogP contribution in [0.1, 0.15) is 103 Å². The number of hydrogen-bond acceptors (Lipinski definition) is 6. The summed E-state index contributed by atoms with van der Waals surface area (Å²) < 4.78 is 0. The highest BCUT2D eigenvalue weighted by atomic mass is 32.2. The highest BCUT2D eigenvalue weighted by Gasteiger charge is 2.42. The molecule has 0 spiro atoms. The minimum Gasteiger partial charge on any atom is -0.356 e. The fraction of sp³-hybridized carbons (Fsp3) is 0.889. The third-order valence-corrected chi connectivity index (χ3v) is 8.66. The van der Waals surface area contributed by atoms with E-state index in [0.29, 0.717) is 30.3 Å². The van der Waals surface area contributed by atoms with E-state index in [0.717, 1.165) is 83.3 Å². The van der Waals surface area contributed by atoms with Crippen molar-refractivity contribution in [1.29, 1.82) is 0 Å². The van der Waals surface area contributed by atoms with E-state index in [-0.39, 0.29) is 24.0 Å². The van der Waals surface area contributed by atoms with Crippen LogP contribution in [0.5, 0.6) is 0 Å². The first-order valence-corrected chi connectivity index (χ1v) is 15.5. The minimum absolute atomic E-state index is 0.0528. The van der Waals surface area contributed by atoms with Crippen molar-refractivity contribution in [2.75, 3.05) is 31.9 Å². The number of urea groups is 1. The molecule has 2 rings (SSSR count). The van der Waals surface area contributed by atoms with E-state index in [1.54, 1.807) is 0 Å². The van der Waals surface area contributed by atoms with Gasteiger partial charge >= 0.3 is 6.03 Å². The number of Topliss-reactive ketones (excluding diaryl/α,β-unsaturated/α-hetero) is 1. The predicted molar refractivity (Wildman–Crippen MR) is 149 cm³/mol. The molecule has 3 atom stereocenters. The van der Waals surface area contributed by atoms with E-state index >= 15 is 0 Å². The summed E-state index contributed by atoms with van der Waals surface area (Å²) >= 11 is 1.90. The Morgan fingerprint density at radius 1 is 0.806 bits per heavy atom. The molecule has 0 unspecified atom stereocenters. The maximum atomic E-state index is 12.2. The molecule has 0 aromatic rings. The van der Waals surface area contributed by atoms with Crippen molar-refractivity contribution >= 4 is 29.5 Å². The number of rotatable bonds is 23. The first kappa shape index (κ1) is 30.9. The van der Waals surface area contributed by atoms with Crippen LogP contribution in [0, 0.1) is 0 Å². The molecule has 36 heavy (non-hydrogen) atoms. The van der Waals surface area contributed by atoms with Gasteiger partial charge in [-0.05, 0) is 64.6 Å². The lowest BCUT2D eigenvalue weighted by Crippen LogP contribution is -2.36. The number of nitrogens with two attached hydrogens (primary N) is 1. The van der Waals surface area contributed by atoms with Crippen molar-refractivity contribution in [1.82, 2.24) is 21.3 Å². The number of hydrogen-bond donors (Lipinski definition) is 5. The molecule has 0 saturated carbocycles. The van der Waals surface area contributed by atoms with Gasteiger partial charge in [0.2, 0.25) is 5.91 Å². The van der Waals surface area contributed by atoms with Crippen molar-refractivity contribution in [2.45, 2.75) is 120 Å². The number of ketones is 1. The molecule has 2 saturated heterocycles. The summed E-state index contributed by atoms with van der Waals surface area (Å²) in [6.07, 6.45) is 16.1. The van der Waals surface area contributed by atoms with Crippen LogP contribution in [-0.4, -0.2) is 67.0 Å². The van der Waals surface area contributed by atoms with Gasteiger partial charge in [0, 0.05) is 36.8 Å². The summed E-state index contributed by atoms with van der Waals surface area (Å²) in [5.41, 5.74) is 5.50. The quantitative estimate of drug-likeness (QED) is 0.102. The Morgan fingerprint density at radius 3 is 2.28 bits per heavy atom. The highest BCUT2D eigenvalue weighted by molar-refractivity contribution is 8.00. The molecule has 8 nitrogen and oxygen atoms in total. The average Bonchev–Trinajstić information content (AvgIpc) is 3.41. The number of unbranched alkanes of at least 4 members (excludes halogenated alkanes) is 8. The number of carbonyl (C=O) groups excluding carboxylic acids is 3. The van der Waals surface area contributed by atoms with E-state index in [4.69, 9.17) is 5.73 Å². The predicted octanol–water partition coefficient (Wildman–Crippen LogP) is 3.63. The lowest BCUT2D eigenvalue weighted by molar-refractivity contribution is -0.121. The molecule has 2 heterocycles. The maximum absolute atomic E-state index is 12.2. The highest BCUT2D eigenvalue weighted by Crippen LogP contribution is 2.33. The summed E-state index contributed by atoms with van der Waals surface area (Å²) in [4.78, 5) is 35.6. The second kappa shape index (κ2) is 19.7. The van der Waals surface area contributed by atoms with Gasteiger partial charge in [-0.3, -0.25) is 9.59 Å². The van der Waals surface area contributed by atoms with Crippen LogP contribution < -0.4 is 27.0 Å². The van der Waals surface area contributed by atoms with Crippen LogP contribution in [0.3, 0.4) is 0 Å². The number of carbonyl (C=O) groups is 3. The van der Waals surface area contributed by atoms with Crippen molar-refractivity contribution < 1.29 is 14.4 Å². The van der Waals surface area contributed by atoms with E-state index in [9.17, 15) is 14.4 Å². The van der Waals surface area contributed by atoms with Gasteiger partial charge < -0.3 is 27.0 Å². The molecule has 0 bridgehead atoms. The molecule has 2 aliphatic heterocycles. The van der Waals surface area contributed by atoms with Gasteiger partial charge in [-0.25, -0.2) is 4.79 Å². The molecule has 208 valence electrons. The molecular weight excluding hydrogens is 474 g/mol. The van der Waals surface area contributed by atoms with Crippen LogP contribution >= 0.6 is 11.8 Å². The van der Waals surface area contributed by atoms with Gasteiger partial charge in [0.15, 0.2) is 0 Å². The minimum atomic E-state index is -0.0528. The summed E-state index contributed by atoms with van der Waals surface area (Å²) in [5, 5.41) is 12.9. The largest absolute Gasteiger partial charge is 0.356 e. The van der Waals surface area contributed by atoms with E-state index in [2.05, 4.69) is 21.3 Å². The number of fused-ring (bicyclic) bond motifs is 1. The van der Waals surface area contributed by atoms with Crippen molar-refractivity contribution in [3.05, 3.63) is 0 Å². The molecule has 6 N–H and O–H groups in total. The topological polar surface area (TPSA) is 125 Å². The lowest BCUT2D eigenvalue weighted by Gasteiger charge is -2.16. The first-order chi connectivity index (χ1) is 17.6. The Balaban J connectivity index is 1.30. The van der Waals surface area contributed by atoms with E-state index in [1.165, 1.54) is 32.1 Å². The molecule has 9 heteroatoms. The molecule has 0 aliphatic carbocycles. The summed E-state index contributed by atoms with van der Waals surface area (Å²) in [7, 11) is 0. The number of nitrogens with one attached hydrogen (secondary N) is 4. The number of thioether (sulfide) groups is 1. The van der Waals surface area contributed by atoms with Crippen molar-refractivity contribution in [3.8, 4) is 0 Å². The maximum Gasteiger partial charge on any atom is 0.315 e. The van der Waals surface area contributed by atoms with Crippen LogP contribution in [0.2, 0.25) is 0 Å². The summed E-state index contributed by atoms with van der Waals surface area (Å²) in [6, 6.07) is 0.426. The number of amides is 3. The van der Waals surface area contributed by atoms with Gasteiger partial charge in [-0.2, -0.15) is 11.8 Å². The normalized spacial score (nSPS) is 20.7. The van der Waals surface area contributed by atoms with Crippen molar-refractivity contribution in [2.24, 2.45) is 5.73 Å². The second-order valence-corrected chi connectivity index (χ2v) is 11.6. The van der Waals surface area contributed by atoms with Crippen molar-refractivity contribution in [3.63, 3.8) is 0 Å². The summed E-state index contributed by atoms with van der Waals surface area (Å²) in [5.74, 6) is 1.45. The fourth-order valence-electron chi connectivity index (χ4n) is 4.99. The Hall–Kier alpha value is -1.32. The van der Waals surface area contributed by atoms with E-state index < -0.39 is 0 Å². The third kappa shape index (κ3) is 13.8. The first-order valence-electron chi connectivity index (χ1n) is 14.5. The Labute approximate surface area is 222 Å². The Bertz CT molecular complexity index is 637. The van der Waals surface area contributed by atoms with Gasteiger partial charge in [0.1, 0.15) is 5.78 Å². The van der Waals surface area contributed by atoms with Gasteiger partial charge in [0.25, 0.3) is 0 Å². The van der Waals surface area contributed by atoms with Gasteiger partial charge in [-0.1, -0.05) is 38.5 Å². The summed E-state index contributed by atoms with van der Waals surface area (Å²) in [6.45, 7) is 3.56. The van der Waals surface area contributed by atoms with Crippen LogP contribution in [-0.2, 0) is 9.59 Å². The smallest absolute Gasteiger partial charge is 0.315 e. The molecule has 2 fully saturated rings. The van der Waals surface area contributed by atoms with Crippen LogP contribution in [0.25, 0.3) is 0 Å². The Morgan fingerprint density at radius 2 is 1.47 bits per heavy atom. The second-order valence-electron chi connectivity index (χ2n) is 10.3. The standard InChI is InChI=1S/C27H51N5O3S/c28-17-9-5-1-2-6-10-18-29-19-12-20-30-25(34)16-8-4-3-7-13-22(33)14-11-15-24-26-23(21-36-24)31-27(35)32-26/h23-24,26,29H,1-21,28H2,(H,30,34)(H2,31,32,35)/t23-,24-,26-/m0/s1. The zero-order chi connectivity index (χ0) is 25.8. The monoisotopic (exact) mass is 525 g/mol. The molecule has 3 amide bonds. The molecule has 0 aromatic heterocycles. The molecule has 0 aromatic carbocycles. The zero-order valence-corrected chi connectivity index (χ0v) is 23.1. The van der Waals surface area contributed by atoms with Crippen LogP contribution in [0.15, 0.2) is 0 Å². The SMILES string of the molecule is NCCCCCCCCNCCCNC(=O)CCCCCCC(=O)CCC[C@@H]1SC[C@@H]2NC(=O)N[C@@H]21. The van der Waals surface area contributed by atoms with Gasteiger partial charge in [0.05, 0.1) is 12.1 Å². The fourth-order valence-corrected chi connectivity index (χ4v) is 6.53. The van der Waals surface area contributed by atoms with Gasteiger partial charge in [-0.15, -0.1) is 0 Å². The molecule has 2 aliphatic rings. The van der Waals surface area contributed by atoms with Crippen LogP contribution in [0.4, 0.5) is 4.79 Å². The third-order valence-electron chi connectivity index (χ3n) is 7.15. The zero-order valence-electron chi connectivity index (χ0n) is 22.3. The lowest BCUT2D eigenvalue weighted by atomic mass is 10.0.